The van der Waals surface area contributed by atoms with E-state index in [1.807, 2.05) is 19.2 Å². The summed E-state index contributed by atoms with van der Waals surface area (Å²) in [5, 5.41) is 15.2. The Labute approximate surface area is 141 Å². The highest BCUT2D eigenvalue weighted by molar-refractivity contribution is 7.16. The summed E-state index contributed by atoms with van der Waals surface area (Å²) in [5.41, 5.74) is 0.959. The third-order valence-electron chi connectivity index (χ3n) is 4.14. The van der Waals surface area contributed by atoms with Gasteiger partial charge >= 0.3 is 5.97 Å². The molecule has 8 heteroatoms. The van der Waals surface area contributed by atoms with Gasteiger partial charge in [-0.25, -0.2) is 9.97 Å². The number of hydrogen-bond donors (Lipinski definition) is 2. The number of rotatable bonds is 5. The van der Waals surface area contributed by atoms with Crippen molar-refractivity contribution < 1.29 is 14.7 Å². The van der Waals surface area contributed by atoms with Crippen molar-refractivity contribution in [3.8, 4) is 10.6 Å². The second kappa shape index (κ2) is 6.01. The summed E-state index contributed by atoms with van der Waals surface area (Å²) in [7, 11) is 0. The van der Waals surface area contributed by atoms with Crippen molar-refractivity contribution in [2.75, 3.05) is 5.32 Å². The van der Waals surface area contributed by atoms with Crippen LogP contribution in [0.5, 0.6) is 0 Å². The van der Waals surface area contributed by atoms with Gasteiger partial charge in [-0.2, -0.15) is 0 Å². The van der Waals surface area contributed by atoms with Crippen LogP contribution in [0.15, 0.2) is 5.38 Å². The summed E-state index contributed by atoms with van der Waals surface area (Å²) >= 11 is 2.92. The van der Waals surface area contributed by atoms with Crippen LogP contribution in [0.1, 0.15) is 36.4 Å². The fourth-order valence-electron chi connectivity index (χ4n) is 2.81. The fraction of sp³-hybridized carbons (Fsp3) is 0.467. The predicted molar refractivity (Wildman–Crippen MR) is 89.9 cm³/mol. The first-order valence-corrected chi connectivity index (χ1v) is 9.02. The van der Waals surface area contributed by atoms with E-state index in [2.05, 4.69) is 15.3 Å². The molecule has 0 atom stereocenters. The monoisotopic (exact) mass is 351 g/mol. The number of nitrogens with one attached hydrogen (secondary N) is 1. The highest BCUT2D eigenvalue weighted by Crippen LogP contribution is 2.45. The molecule has 2 heterocycles. The van der Waals surface area contributed by atoms with Gasteiger partial charge in [0.05, 0.1) is 33.1 Å². The Hall–Kier alpha value is -1.80. The zero-order chi connectivity index (χ0) is 16.6. The summed E-state index contributed by atoms with van der Waals surface area (Å²) < 4.78 is 0. The lowest BCUT2D eigenvalue weighted by Crippen LogP contribution is -2.43. The molecule has 6 nitrogen and oxygen atoms in total. The van der Waals surface area contributed by atoms with Crippen molar-refractivity contribution in [3.63, 3.8) is 0 Å². The molecule has 2 aromatic heterocycles. The van der Waals surface area contributed by atoms with Crippen LogP contribution < -0.4 is 5.32 Å². The van der Waals surface area contributed by atoms with Crippen molar-refractivity contribution in [1.82, 2.24) is 9.97 Å². The van der Waals surface area contributed by atoms with Crippen LogP contribution in [-0.4, -0.2) is 27.0 Å². The van der Waals surface area contributed by atoms with Crippen LogP contribution in [-0.2, 0) is 9.59 Å². The van der Waals surface area contributed by atoms with Crippen LogP contribution in [0.4, 0.5) is 5.13 Å². The largest absolute Gasteiger partial charge is 0.481 e. The van der Waals surface area contributed by atoms with E-state index in [9.17, 15) is 9.59 Å². The van der Waals surface area contributed by atoms with Crippen LogP contribution in [0.2, 0.25) is 0 Å². The summed E-state index contributed by atoms with van der Waals surface area (Å²) in [4.78, 5) is 33.3. The first kappa shape index (κ1) is 16.1. The molecule has 0 bridgehead atoms. The van der Waals surface area contributed by atoms with Crippen molar-refractivity contribution in [2.45, 2.75) is 39.5 Å². The first-order chi connectivity index (χ1) is 10.9. The van der Waals surface area contributed by atoms with E-state index < -0.39 is 11.4 Å². The molecular formula is C15H17N3O3S2. The molecule has 0 radical (unpaired) electrons. The normalized spacial score (nSPS) is 15.9. The molecule has 1 amide bonds. The summed E-state index contributed by atoms with van der Waals surface area (Å²) in [6.45, 7) is 3.88. The molecule has 0 spiro atoms. The molecule has 23 heavy (non-hydrogen) atoms. The number of aromatic nitrogens is 2. The van der Waals surface area contributed by atoms with Gasteiger partial charge in [-0.15, -0.1) is 22.7 Å². The highest BCUT2D eigenvalue weighted by atomic mass is 32.1. The van der Waals surface area contributed by atoms with Crippen LogP contribution in [0.3, 0.4) is 0 Å². The number of hydrogen-bond acceptors (Lipinski definition) is 6. The lowest BCUT2D eigenvalue weighted by Gasteiger charge is -2.38. The Bertz CT molecular complexity index is 762. The molecule has 0 aliphatic heterocycles. The summed E-state index contributed by atoms with van der Waals surface area (Å²) in [6.07, 6.45) is 2.01. The second-order valence-electron chi connectivity index (χ2n) is 5.84. The van der Waals surface area contributed by atoms with Gasteiger partial charge in [0.2, 0.25) is 5.91 Å². The van der Waals surface area contributed by atoms with Gasteiger partial charge in [-0.3, -0.25) is 9.59 Å². The Balaban J connectivity index is 1.75. The van der Waals surface area contributed by atoms with E-state index in [1.54, 1.807) is 11.3 Å². The van der Waals surface area contributed by atoms with E-state index in [1.165, 1.54) is 11.3 Å². The number of anilines is 1. The van der Waals surface area contributed by atoms with Crippen molar-refractivity contribution in [2.24, 2.45) is 5.41 Å². The predicted octanol–water partition coefficient (Wildman–Crippen LogP) is 3.47. The molecule has 1 fully saturated rings. The SMILES string of the molecule is Cc1nc(C)c(-c2csc(NC(=O)C3(CC(=O)O)CCC3)n2)s1. The van der Waals surface area contributed by atoms with Gasteiger partial charge in [0.1, 0.15) is 0 Å². The Morgan fingerprint density at radius 1 is 1.35 bits per heavy atom. The Morgan fingerprint density at radius 2 is 2.09 bits per heavy atom. The highest BCUT2D eigenvalue weighted by Gasteiger charge is 2.46. The average molecular weight is 351 g/mol. The molecule has 2 N–H and O–H groups in total. The van der Waals surface area contributed by atoms with E-state index in [0.29, 0.717) is 18.0 Å². The van der Waals surface area contributed by atoms with Crippen molar-refractivity contribution >= 4 is 39.7 Å². The first-order valence-electron chi connectivity index (χ1n) is 7.33. The lowest BCUT2D eigenvalue weighted by atomic mass is 9.66. The van der Waals surface area contributed by atoms with Gasteiger partial charge in [0, 0.05) is 5.38 Å². The van der Waals surface area contributed by atoms with Gasteiger partial charge in [-0.05, 0) is 26.7 Å². The van der Waals surface area contributed by atoms with Crippen molar-refractivity contribution in [1.29, 1.82) is 0 Å². The Kier molecular flexibility index (Phi) is 4.20. The molecule has 1 aliphatic rings. The summed E-state index contributed by atoms with van der Waals surface area (Å²) in [6, 6.07) is 0. The van der Waals surface area contributed by atoms with Gasteiger partial charge in [-0.1, -0.05) is 6.42 Å². The molecule has 0 aromatic carbocycles. The number of amides is 1. The lowest BCUT2D eigenvalue weighted by molar-refractivity contribution is -0.147. The minimum atomic E-state index is -0.935. The minimum Gasteiger partial charge on any atom is -0.481 e. The molecule has 122 valence electrons. The second-order valence-corrected chi connectivity index (χ2v) is 7.91. The molecule has 1 saturated carbocycles. The van der Waals surface area contributed by atoms with E-state index in [-0.39, 0.29) is 12.3 Å². The molecule has 0 saturated heterocycles. The average Bonchev–Trinajstić information content (AvgIpc) is 3.00. The number of thiazole rings is 2. The number of carbonyl (C=O) groups excluding carboxylic acids is 1. The zero-order valence-electron chi connectivity index (χ0n) is 12.9. The smallest absolute Gasteiger partial charge is 0.304 e. The van der Waals surface area contributed by atoms with Gasteiger partial charge < -0.3 is 10.4 Å². The fourth-order valence-corrected chi connectivity index (χ4v) is 4.46. The standard InChI is InChI=1S/C15H17N3O3S2/c1-8-12(23-9(2)16-8)10-7-22-14(17-10)18-13(21)15(4-3-5-15)6-11(19)20/h7H,3-6H2,1-2H3,(H,19,20)(H,17,18,21). The number of carboxylic acid groups (broad SMARTS) is 1. The van der Waals surface area contributed by atoms with Crippen LogP contribution in [0.25, 0.3) is 10.6 Å². The third kappa shape index (κ3) is 3.13. The topological polar surface area (TPSA) is 92.2 Å². The number of aliphatic carboxylic acids is 1. The maximum Gasteiger partial charge on any atom is 0.304 e. The Morgan fingerprint density at radius 3 is 2.61 bits per heavy atom. The molecular weight excluding hydrogens is 334 g/mol. The van der Waals surface area contributed by atoms with E-state index in [0.717, 1.165) is 27.7 Å². The van der Waals surface area contributed by atoms with Gasteiger partial charge in [0.25, 0.3) is 0 Å². The van der Waals surface area contributed by atoms with E-state index >= 15 is 0 Å². The zero-order valence-corrected chi connectivity index (χ0v) is 14.5. The summed E-state index contributed by atoms with van der Waals surface area (Å²) in [5.74, 6) is -1.17. The number of carboxylic acids is 1. The third-order valence-corrected chi connectivity index (χ3v) is 6.00. The van der Waals surface area contributed by atoms with E-state index in [4.69, 9.17) is 5.11 Å². The quantitative estimate of drug-likeness (QED) is 0.860. The molecule has 3 rings (SSSR count). The molecule has 2 aromatic rings. The van der Waals surface area contributed by atoms with Crippen molar-refractivity contribution in [3.05, 3.63) is 16.1 Å². The molecule has 1 aliphatic carbocycles. The minimum absolute atomic E-state index is 0.121. The van der Waals surface area contributed by atoms with Gasteiger partial charge in [0.15, 0.2) is 5.13 Å². The van der Waals surface area contributed by atoms with Crippen LogP contribution in [0, 0.1) is 19.3 Å². The van der Waals surface area contributed by atoms with Crippen LogP contribution >= 0.6 is 22.7 Å². The maximum absolute atomic E-state index is 12.5. The number of carbonyl (C=O) groups is 2. The number of aryl methyl sites for hydroxylation is 2. The number of nitrogens with zero attached hydrogens (tertiary/aromatic N) is 2. The maximum atomic E-state index is 12.5. The molecule has 0 unspecified atom stereocenters.